The third-order valence-corrected chi connectivity index (χ3v) is 13.1. The van der Waals surface area contributed by atoms with Crippen LogP contribution in [0.3, 0.4) is 0 Å². The fourth-order valence-electron chi connectivity index (χ4n) is 10.6. The average Bonchev–Trinajstić information content (AvgIpc) is 4.14. The molecule has 63 heavy (non-hydrogen) atoms. The predicted octanol–water partition coefficient (Wildman–Crippen LogP) is 14.3. The Balaban J connectivity index is 1.03. The van der Waals surface area contributed by atoms with E-state index in [1.165, 1.54) is 38.1 Å². The summed E-state index contributed by atoms with van der Waals surface area (Å²) in [5.74, 6) is 1.72. The van der Waals surface area contributed by atoms with Gasteiger partial charge in [-0.2, -0.15) is 0 Å². The van der Waals surface area contributed by atoms with Gasteiger partial charge in [-0.25, -0.2) is 4.98 Å². The lowest BCUT2D eigenvalue weighted by Gasteiger charge is -2.13. The second kappa shape index (κ2) is 12.9. The summed E-state index contributed by atoms with van der Waals surface area (Å²) in [4.78, 5) is 5.65. The molecule has 0 saturated carbocycles. The average molecular weight is 805 g/mol. The quantitative estimate of drug-likeness (QED) is 0.171. The maximum Gasteiger partial charge on any atom is 0.140 e. The smallest absolute Gasteiger partial charge is 0.140 e. The summed E-state index contributed by atoms with van der Waals surface area (Å²) in [6, 6.07) is 78.6. The Morgan fingerprint density at radius 1 is 0.222 bits per heavy atom. The standard InChI is InChI=1S/C57H36N6/c1-2-18-37(19-3-1)60-48-30-12-6-24-42(48)56-54(60)44-26-8-14-32-50(44)62(56)52-34-17-35-53(58-52)63-51-33-15-9-27-45(51)55-57(63)43-25-7-13-31-49(43)61(55)39-21-16-20-38(36-39)59-46-28-10-4-22-40(46)41-23-5-11-29-47(41)59/h1-36H. The van der Waals surface area contributed by atoms with E-state index in [-0.39, 0.29) is 0 Å². The van der Waals surface area contributed by atoms with Gasteiger partial charge in [0.1, 0.15) is 11.6 Å². The number of benzene rings is 8. The van der Waals surface area contributed by atoms with Gasteiger partial charge in [0.15, 0.2) is 0 Å². The molecule has 0 N–H and O–H groups in total. The molecule has 0 aliphatic rings. The van der Waals surface area contributed by atoms with Crippen molar-refractivity contribution in [1.29, 1.82) is 0 Å². The summed E-state index contributed by atoms with van der Waals surface area (Å²) in [6.45, 7) is 0. The van der Waals surface area contributed by atoms with Crippen LogP contribution in [0.2, 0.25) is 0 Å². The van der Waals surface area contributed by atoms with Crippen molar-refractivity contribution in [3.63, 3.8) is 0 Å². The molecule has 0 fully saturated rings. The van der Waals surface area contributed by atoms with Gasteiger partial charge in [-0.05, 0) is 78.9 Å². The first-order valence-electron chi connectivity index (χ1n) is 21.5. The van der Waals surface area contributed by atoms with Gasteiger partial charge in [0.05, 0.1) is 55.2 Å². The molecule has 0 unspecified atom stereocenters. The van der Waals surface area contributed by atoms with Gasteiger partial charge in [-0.15, -0.1) is 0 Å². The Hall–Kier alpha value is -8.61. The summed E-state index contributed by atoms with van der Waals surface area (Å²) in [6.07, 6.45) is 0. The molecule has 0 radical (unpaired) electrons. The monoisotopic (exact) mass is 804 g/mol. The van der Waals surface area contributed by atoms with Gasteiger partial charge in [-0.1, -0.05) is 140 Å². The Morgan fingerprint density at radius 3 is 0.984 bits per heavy atom. The molecule has 0 aliphatic carbocycles. The lowest BCUT2D eigenvalue weighted by atomic mass is 10.2. The van der Waals surface area contributed by atoms with Gasteiger partial charge in [0.2, 0.25) is 0 Å². The number of nitrogens with zero attached hydrogens (tertiary/aromatic N) is 6. The van der Waals surface area contributed by atoms with E-state index in [0.717, 1.165) is 78.1 Å². The van der Waals surface area contributed by atoms with Crippen molar-refractivity contribution in [2.75, 3.05) is 0 Å². The molecule has 14 aromatic rings. The third-order valence-electron chi connectivity index (χ3n) is 13.1. The van der Waals surface area contributed by atoms with Gasteiger partial charge in [-0.3, -0.25) is 9.13 Å². The minimum Gasteiger partial charge on any atom is -0.309 e. The molecular formula is C57H36N6. The normalized spacial score (nSPS) is 12.1. The fourth-order valence-corrected chi connectivity index (χ4v) is 10.6. The van der Waals surface area contributed by atoms with Gasteiger partial charge in [0, 0.05) is 49.4 Å². The van der Waals surface area contributed by atoms with Crippen LogP contribution in [0.15, 0.2) is 218 Å². The maximum atomic E-state index is 5.65. The lowest BCUT2D eigenvalue weighted by Crippen LogP contribution is -2.03. The van der Waals surface area contributed by atoms with Crippen molar-refractivity contribution in [3.05, 3.63) is 218 Å². The van der Waals surface area contributed by atoms with E-state index in [1.807, 2.05) is 0 Å². The third kappa shape index (κ3) is 4.69. The van der Waals surface area contributed by atoms with E-state index in [4.69, 9.17) is 4.98 Å². The molecule has 0 saturated heterocycles. The van der Waals surface area contributed by atoms with Crippen molar-refractivity contribution in [3.8, 4) is 28.7 Å². The van der Waals surface area contributed by atoms with Crippen molar-refractivity contribution < 1.29 is 0 Å². The molecule has 8 aromatic carbocycles. The minimum absolute atomic E-state index is 0.860. The van der Waals surface area contributed by atoms with E-state index >= 15 is 0 Å². The number of aromatic nitrogens is 6. The molecule has 0 spiro atoms. The first-order chi connectivity index (χ1) is 31.3. The molecule has 0 bridgehead atoms. The molecule has 6 nitrogen and oxygen atoms in total. The largest absolute Gasteiger partial charge is 0.309 e. The van der Waals surface area contributed by atoms with Crippen LogP contribution in [-0.2, 0) is 0 Å². The Kier molecular flexibility index (Phi) is 7.02. The van der Waals surface area contributed by atoms with Crippen molar-refractivity contribution in [2.24, 2.45) is 0 Å². The Bertz CT molecular complexity index is 4090. The van der Waals surface area contributed by atoms with Crippen LogP contribution in [0.5, 0.6) is 0 Å². The molecule has 6 heterocycles. The van der Waals surface area contributed by atoms with Crippen LogP contribution in [0, 0.1) is 0 Å². The van der Waals surface area contributed by atoms with E-state index < -0.39 is 0 Å². The van der Waals surface area contributed by atoms with Crippen LogP contribution in [0.4, 0.5) is 0 Å². The summed E-state index contributed by atoms with van der Waals surface area (Å²) in [7, 11) is 0. The number of para-hydroxylation sites is 7. The number of rotatable bonds is 5. The molecule has 294 valence electrons. The van der Waals surface area contributed by atoms with Gasteiger partial charge >= 0.3 is 0 Å². The predicted molar refractivity (Wildman–Crippen MR) is 261 cm³/mol. The highest BCUT2D eigenvalue weighted by molar-refractivity contribution is 6.21. The van der Waals surface area contributed by atoms with Crippen LogP contribution >= 0.6 is 0 Å². The molecule has 0 amide bonds. The van der Waals surface area contributed by atoms with E-state index in [1.54, 1.807) is 0 Å². The molecule has 0 atom stereocenters. The number of fused-ring (bicyclic) bond motifs is 13. The van der Waals surface area contributed by atoms with Crippen molar-refractivity contribution in [1.82, 2.24) is 27.8 Å². The zero-order valence-electron chi connectivity index (χ0n) is 34.0. The first kappa shape index (κ1) is 34.1. The van der Waals surface area contributed by atoms with Crippen LogP contribution in [0.1, 0.15) is 0 Å². The summed E-state index contributed by atoms with van der Waals surface area (Å²) in [5.41, 5.74) is 14.9. The number of pyridine rings is 1. The molecule has 0 aliphatic heterocycles. The van der Waals surface area contributed by atoms with Crippen LogP contribution in [0.25, 0.3) is 116 Å². The fraction of sp³-hybridized carbons (Fsp3) is 0. The lowest BCUT2D eigenvalue weighted by molar-refractivity contribution is 1.02. The van der Waals surface area contributed by atoms with E-state index in [9.17, 15) is 0 Å². The number of hydrogen-bond acceptors (Lipinski definition) is 1. The number of hydrogen-bond donors (Lipinski definition) is 0. The van der Waals surface area contributed by atoms with Crippen LogP contribution < -0.4 is 0 Å². The second-order valence-electron chi connectivity index (χ2n) is 16.4. The molecular weight excluding hydrogens is 769 g/mol. The highest BCUT2D eigenvalue weighted by Gasteiger charge is 2.25. The Labute approximate surface area is 360 Å². The SMILES string of the molecule is c1ccc(-n2c3ccccc3c3c2c2ccccc2n3-c2cccc(-n3c4ccccc4c4c3c3ccccc3n4-c3cccc(-n4c5ccccc5c5ccccc54)c3)n2)cc1. The van der Waals surface area contributed by atoms with E-state index in [0.29, 0.717) is 0 Å². The highest BCUT2D eigenvalue weighted by atomic mass is 15.2. The first-order valence-corrected chi connectivity index (χ1v) is 21.5. The maximum absolute atomic E-state index is 5.65. The molecule has 6 heteroatoms. The summed E-state index contributed by atoms with van der Waals surface area (Å²) >= 11 is 0. The van der Waals surface area contributed by atoms with Crippen molar-refractivity contribution >= 4 is 87.5 Å². The minimum atomic E-state index is 0.860. The summed E-state index contributed by atoms with van der Waals surface area (Å²) in [5, 5.41) is 7.19. The zero-order chi connectivity index (χ0) is 41.2. The zero-order valence-corrected chi connectivity index (χ0v) is 34.0. The van der Waals surface area contributed by atoms with Gasteiger partial charge < -0.3 is 13.7 Å². The topological polar surface area (TPSA) is 37.5 Å². The van der Waals surface area contributed by atoms with Gasteiger partial charge in [0.25, 0.3) is 0 Å². The van der Waals surface area contributed by atoms with Crippen molar-refractivity contribution in [2.45, 2.75) is 0 Å². The molecule has 14 rings (SSSR count). The van der Waals surface area contributed by atoms with E-state index in [2.05, 4.69) is 241 Å². The second-order valence-corrected chi connectivity index (χ2v) is 16.4. The summed E-state index contributed by atoms with van der Waals surface area (Å²) < 4.78 is 12.0. The van der Waals surface area contributed by atoms with Crippen LogP contribution in [-0.4, -0.2) is 27.8 Å². The Morgan fingerprint density at radius 2 is 0.524 bits per heavy atom. The highest BCUT2D eigenvalue weighted by Crippen LogP contribution is 2.43. The molecule has 6 aromatic heterocycles.